The number of nitrogens with one attached hydrogen (secondary N) is 2. The van der Waals surface area contributed by atoms with Gasteiger partial charge in [-0.2, -0.15) is 13.2 Å². The van der Waals surface area contributed by atoms with Crippen molar-refractivity contribution in [2.24, 2.45) is 0 Å². The van der Waals surface area contributed by atoms with E-state index in [-0.39, 0.29) is 17.8 Å². The Bertz CT molecular complexity index is 783. The predicted molar refractivity (Wildman–Crippen MR) is 126 cm³/mol. The first-order valence-corrected chi connectivity index (χ1v) is 13.1. The van der Waals surface area contributed by atoms with Crippen LogP contribution in [-0.4, -0.2) is 20.7 Å². The lowest BCUT2D eigenvalue weighted by molar-refractivity contribution is -0.137. The van der Waals surface area contributed by atoms with Gasteiger partial charge in [0.2, 0.25) is 0 Å². The van der Waals surface area contributed by atoms with Crippen molar-refractivity contribution >= 4 is 52.9 Å². The van der Waals surface area contributed by atoms with E-state index in [1.54, 1.807) is 41.5 Å². The molecule has 0 radical (unpaired) electrons. The third-order valence-electron chi connectivity index (χ3n) is 2.97. The van der Waals surface area contributed by atoms with Crippen molar-refractivity contribution in [1.29, 1.82) is 0 Å². The number of hydrogen-bond donors (Lipinski definition) is 2. The summed E-state index contributed by atoms with van der Waals surface area (Å²) in [5, 5.41) is 4.64. The average molecular weight is 578 g/mol. The Morgan fingerprint density at radius 2 is 1.73 bits per heavy atom. The van der Waals surface area contributed by atoms with Crippen molar-refractivity contribution in [2.45, 2.75) is 64.6 Å². The molecule has 0 saturated heterocycles. The molecule has 0 aliphatic heterocycles. The van der Waals surface area contributed by atoms with Crippen LogP contribution in [-0.2, 0) is 28.4 Å². The van der Waals surface area contributed by atoms with Crippen LogP contribution in [0.3, 0.4) is 0 Å². The molecule has 2 N–H and O–H groups in total. The van der Waals surface area contributed by atoms with Crippen LogP contribution in [0.5, 0.6) is 0 Å². The zero-order chi connectivity index (χ0) is 23.8. The summed E-state index contributed by atoms with van der Waals surface area (Å²) in [4.78, 5) is 11.8. The maximum absolute atomic E-state index is 13.1. The molecule has 170 valence electrons. The maximum atomic E-state index is 13.1. The van der Waals surface area contributed by atoms with Crippen molar-refractivity contribution in [3.8, 4) is 11.7 Å². The molecule has 1 amide bonds. The zero-order valence-corrected chi connectivity index (χ0v) is 21.4. The fourth-order valence-electron chi connectivity index (χ4n) is 1.82. The molecule has 0 aromatic heterocycles. The number of halogens is 4. The molecule has 0 spiro atoms. The van der Waals surface area contributed by atoms with Crippen LogP contribution < -0.4 is 10.0 Å². The number of carbonyl (C=O) groups is 1. The van der Waals surface area contributed by atoms with E-state index in [2.05, 4.69) is 15.3 Å². The van der Waals surface area contributed by atoms with Crippen LogP contribution >= 0.6 is 30.1 Å². The Balaban J connectivity index is 0.00000192. The van der Waals surface area contributed by atoms with Crippen LogP contribution in [0.15, 0.2) is 18.2 Å². The molecule has 0 saturated carbocycles. The van der Waals surface area contributed by atoms with Gasteiger partial charge in [0, 0.05) is 33.4 Å². The predicted octanol–water partition coefficient (Wildman–Crippen LogP) is 6.26. The second kappa shape index (κ2) is 12.2. The summed E-state index contributed by atoms with van der Waals surface area (Å²) in [6.07, 6.45) is -0.699. The van der Waals surface area contributed by atoms with Gasteiger partial charge >= 0.3 is 12.3 Å². The lowest BCUT2D eigenvalue weighted by atomic mass is 10.1. The van der Waals surface area contributed by atoms with Gasteiger partial charge < -0.3 is 4.74 Å². The molecule has 1 rings (SSSR count). The van der Waals surface area contributed by atoms with Gasteiger partial charge in [-0.05, 0) is 79.5 Å². The highest BCUT2D eigenvalue weighted by Gasteiger charge is 2.31. The topological polar surface area (TPSA) is 67.4 Å². The minimum Gasteiger partial charge on any atom is -0.444 e. The summed E-state index contributed by atoms with van der Waals surface area (Å²) in [7, 11) is -0.0853. The van der Waals surface area contributed by atoms with Gasteiger partial charge in [-0.3, -0.25) is 5.32 Å². The number of hydrogen-bond acceptors (Lipinski definition) is 4. The van der Waals surface area contributed by atoms with Gasteiger partial charge in [-0.15, -0.1) is 6.42 Å². The van der Waals surface area contributed by atoms with E-state index in [4.69, 9.17) is 11.2 Å². The van der Waals surface area contributed by atoms with E-state index in [0.717, 1.165) is 12.1 Å². The maximum Gasteiger partial charge on any atom is 0.416 e. The normalized spacial score (nSPS) is 12.8. The fourth-order valence-corrected chi connectivity index (χ4v) is 2.55. The Labute approximate surface area is 194 Å². The number of terminal acetylenes is 1. The Hall–Kier alpha value is -0.970. The second-order valence-electron chi connectivity index (χ2n) is 7.94. The van der Waals surface area contributed by atoms with E-state index < -0.39 is 39.2 Å². The number of benzene rings is 1. The number of ether oxygens (including phenoxy) is 1. The van der Waals surface area contributed by atoms with Crippen molar-refractivity contribution in [1.82, 2.24) is 4.72 Å². The first-order valence-electron chi connectivity index (χ1n) is 8.59. The molecule has 30 heavy (non-hydrogen) atoms. The summed E-state index contributed by atoms with van der Waals surface area (Å²) in [5.41, 5.74) is -1.50. The Morgan fingerprint density at radius 1 is 1.20 bits per heavy atom. The highest BCUT2D eigenvalue weighted by atomic mass is 127. The van der Waals surface area contributed by atoms with E-state index in [1.165, 1.54) is 15.0 Å². The largest absolute Gasteiger partial charge is 0.444 e. The molecule has 0 fully saturated rings. The standard InChI is InChI=1S/C17H25F3N2O3S.C2HIS/c1-15(2,3)25-14(23)22-13-8-11(7-12(9-13)17(18,19)20)10-21-26(24)16(4,5)6;1-2-4-3/h7-9,21H,10H2,1-6H3,(H,22,23);1H. The molecule has 11 heteroatoms. The molecule has 1 unspecified atom stereocenters. The van der Waals surface area contributed by atoms with Crippen LogP contribution in [0.2, 0.25) is 0 Å². The minimum atomic E-state index is -4.58. The molecule has 0 bridgehead atoms. The summed E-state index contributed by atoms with van der Waals surface area (Å²) in [6, 6.07) is 3.16. The lowest BCUT2D eigenvalue weighted by Gasteiger charge is -2.21. The van der Waals surface area contributed by atoms with Crippen LogP contribution in [0.4, 0.5) is 23.7 Å². The first kappa shape index (κ1) is 29.0. The fraction of sp³-hybridized carbons (Fsp3) is 0.526. The van der Waals surface area contributed by atoms with Gasteiger partial charge in [0.15, 0.2) is 0 Å². The molecule has 1 aromatic rings. The van der Waals surface area contributed by atoms with Gasteiger partial charge in [-0.1, -0.05) is 0 Å². The zero-order valence-electron chi connectivity index (χ0n) is 17.6. The first-order chi connectivity index (χ1) is 13.5. The van der Waals surface area contributed by atoms with Crippen LogP contribution in [0, 0.1) is 11.7 Å². The molecule has 0 heterocycles. The number of anilines is 1. The van der Waals surface area contributed by atoms with E-state index in [9.17, 15) is 22.2 Å². The van der Waals surface area contributed by atoms with Crippen molar-refractivity contribution in [3.05, 3.63) is 29.3 Å². The number of alkyl halides is 3. The third-order valence-corrected chi connectivity index (χ3v) is 5.34. The summed E-state index contributed by atoms with van der Waals surface area (Å²) < 4.78 is 58.6. The van der Waals surface area contributed by atoms with E-state index in [1.807, 2.05) is 21.2 Å². The van der Waals surface area contributed by atoms with E-state index >= 15 is 0 Å². The molecule has 1 atom stereocenters. The molecular formula is C19H26F3IN2O3S2. The van der Waals surface area contributed by atoms with Crippen LogP contribution in [0.1, 0.15) is 52.7 Å². The molecule has 0 aliphatic rings. The monoisotopic (exact) mass is 578 g/mol. The van der Waals surface area contributed by atoms with Gasteiger partial charge in [0.05, 0.1) is 21.3 Å². The quantitative estimate of drug-likeness (QED) is 0.327. The van der Waals surface area contributed by atoms with Crippen LogP contribution in [0.25, 0.3) is 0 Å². The van der Waals surface area contributed by atoms with Crippen molar-refractivity contribution in [3.63, 3.8) is 0 Å². The van der Waals surface area contributed by atoms with Gasteiger partial charge in [0.1, 0.15) is 5.60 Å². The van der Waals surface area contributed by atoms with Crippen molar-refractivity contribution in [2.75, 3.05) is 5.32 Å². The summed E-state index contributed by atoms with van der Waals surface area (Å²) in [5.74, 6) is 0. The highest BCUT2D eigenvalue weighted by molar-refractivity contribution is 14.2. The summed E-state index contributed by atoms with van der Waals surface area (Å²) in [6.45, 7) is 10.1. The Kier molecular flexibility index (Phi) is 11.8. The molecule has 0 aliphatic carbocycles. The lowest BCUT2D eigenvalue weighted by Crippen LogP contribution is -2.33. The van der Waals surface area contributed by atoms with Crippen molar-refractivity contribution < 1.29 is 26.9 Å². The van der Waals surface area contributed by atoms with Gasteiger partial charge in [-0.25, -0.2) is 13.7 Å². The number of amides is 1. The number of carbonyl (C=O) groups excluding carboxylic acids is 1. The number of rotatable bonds is 4. The minimum absolute atomic E-state index is 0.0448. The Morgan fingerprint density at radius 3 is 2.13 bits per heavy atom. The SMILES string of the molecule is C#CSI.CC(C)(C)OC(=O)Nc1cc(CNS(=O)C(C)(C)C)cc(C(F)(F)F)c1. The molecule has 1 aromatic carbocycles. The highest BCUT2D eigenvalue weighted by Crippen LogP contribution is 2.32. The third kappa shape index (κ3) is 12.7. The second-order valence-corrected chi connectivity index (χ2v) is 11.7. The average Bonchev–Trinajstić information content (AvgIpc) is 2.56. The molecule has 5 nitrogen and oxygen atoms in total. The molecular weight excluding hydrogens is 552 g/mol. The smallest absolute Gasteiger partial charge is 0.416 e. The van der Waals surface area contributed by atoms with Gasteiger partial charge in [0.25, 0.3) is 0 Å². The summed E-state index contributed by atoms with van der Waals surface area (Å²) >= 11 is 2.03. The van der Waals surface area contributed by atoms with E-state index in [0.29, 0.717) is 0 Å².